The zero-order valence-corrected chi connectivity index (χ0v) is 14.2. The topological polar surface area (TPSA) is 68.2 Å². The number of hydrogen-bond donors (Lipinski definition) is 0. The van der Waals surface area contributed by atoms with E-state index in [1.807, 2.05) is 0 Å². The molecule has 26 heavy (non-hydrogen) atoms. The molecule has 1 atom stereocenters. The lowest BCUT2D eigenvalue weighted by Gasteiger charge is -2.23. The maximum Gasteiger partial charge on any atom is 0.433 e. The number of halogens is 3. The van der Waals surface area contributed by atoms with Crippen LogP contribution >= 0.6 is 0 Å². The molecule has 0 radical (unpaired) electrons. The molecule has 6 nitrogen and oxygen atoms in total. The van der Waals surface area contributed by atoms with E-state index in [9.17, 15) is 18.0 Å². The summed E-state index contributed by atoms with van der Waals surface area (Å²) < 4.78 is 44.7. The second-order valence-corrected chi connectivity index (χ2v) is 6.40. The maximum absolute atomic E-state index is 13.3. The van der Waals surface area contributed by atoms with Crippen molar-refractivity contribution in [3.8, 4) is 11.4 Å². The van der Waals surface area contributed by atoms with E-state index >= 15 is 0 Å². The normalized spacial score (nSPS) is 20.3. The van der Waals surface area contributed by atoms with Crippen molar-refractivity contribution >= 4 is 11.8 Å². The highest BCUT2D eigenvalue weighted by Gasteiger charge is 2.43. The van der Waals surface area contributed by atoms with Crippen LogP contribution < -0.4 is 4.90 Å². The number of anilines is 1. The van der Waals surface area contributed by atoms with Gasteiger partial charge in [0, 0.05) is 37.1 Å². The van der Waals surface area contributed by atoms with Gasteiger partial charge in [-0.2, -0.15) is 13.2 Å². The maximum atomic E-state index is 13.3. The molecular formula is C17H17F3N4O2. The summed E-state index contributed by atoms with van der Waals surface area (Å²) in [6.45, 7) is 2.35. The lowest BCUT2D eigenvalue weighted by Crippen LogP contribution is -2.33. The van der Waals surface area contributed by atoms with E-state index in [4.69, 9.17) is 4.74 Å². The molecule has 2 aromatic rings. The van der Waals surface area contributed by atoms with Crippen LogP contribution in [0.2, 0.25) is 0 Å². The predicted octanol–water partition coefficient (Wildman–Crippen LogP) is 2.95. The fourth-order valence-corrected chi connectivity index (χ4v) is 2.94. The molecule has 1 fully saturated rings. The van der Waals surface area contributed by atoms with E-state index in [1.165, 1.54) is 19.5 Å². The molecule has 1 saturated heterocycles. The average molecular weight is 366 g/mol. The van der Waals surface area contributed by atoms with Gasteiger partial charge in [-0.3, -0.25) is 9.78 Å². The molecule has 3 rings (SSSR count). The molecule has 0 aliphatic carbocycles. The third kappa shape index (κ3) is 3.47. The van der Waals surface area contributed by atoms with Crippen LogP contribution in [-0.2, 0) is 15.7 Å². The Morgan fingerprint density at radius 1 is 1.35 bits per heavy atom. The Labute approximate surface area is 148 Å². The van der Waals surface area contributed by atoms with Gasteiger partial charge in [-0.05, 0) is 25.5 Å². The summed E-state index contributed by atoms with van der Waals surface area (Å²) in [5.74, 6) is -0.328. The Balaban J connectivity index is 2.01. The summed E-state index contributed by atoms with van der Waals surface area (Å²) in [5.41, 5.74) is -1.44. The molecule has 0 aromatic carbocycles. The van der Waals surface area contributed by atoms with Crippen LogP contribution in [0.25, 0.3) is 11.4 Å². The Bertz CT molecular complexity index is 813. The van der Waals surface area contributed by atoms with Crippen LogP contribution in [-0.4, -0.2) is 41.1 Å². The summed E-state index contributed by atoms with van der Waals surface area (Å²) in [6.07, 6.45) is -1.23. The molecule has 0 saturated carbocycles. The highest BCUT2D eigenvalue weighted by molar-refractivity contribution is 5.78. The van der Waals surface area contributed by atoms with E-state index < -0.39 is 23.3 Å². The number of nitrogens with zero attached hydrogens (tertiary/aromatic N) is 4. The van der Waals surface area contributed by atoms with Crippen LogP contribution in [0.1, 0.15) is 19.0 Å². The first-order valence-electron chi connectivity index (χ1n) is 7.93. The number of aromatic nitrogens is 3. The minimum Gasteiger partial charge on any atom is -0.469 e. The number of rotatable bonds is 3. The number of ether oxygens (including phenoxy) is 1. The van der Waals surface area contributed by atoms with Crippen LogP contribution in [0.3, 0.4) is 0 Å². The summed E-state index contributed by atoms with van der Waals surface area (Å²) in [6, 6.07) is 4.10. The van der Waals surface area contributed by atoms with Crippen molar-refractivity contribution < 1.29 is 22.7 Å². The molecule has 0 bridgehead atoms. The summed E-state index contributed by atoms with van der Waals surface area (Å²) in [5, 5.41) is 0. The van der Waals surface area contributed by atoms with Crippen molar-refractivity contribution in [2.75, 3.05) is 25.1 Å². The Hall–Kier alpha value is -2.71. The fourth-order valence-electron chi connectivity index (χ4n) is 2.94. The minimum absolute atomic E-state index is 0.0606. The molecule has 0 amide bonds. The van der Waals surface area contributed by atoms with E-state index in [0.717, 1.165) is 6.07 Å². The fraction of sp³-hybridized carbons (Fsp3) is 0.412. The number of pyridine rings is 1. The van der Waals surface area contributed by atoms with Gasteiger partial charge >= 0.3 is 12.1 Å². The molecule has 1 unspecified atom stereocenters. The van der Waals surface area contributed by atoms with Gasteiger partial charge in [0.1, 0.15) is 5.82 Å². The van der Waals surface area contributed by atoms with Gasteiger partial charge in [0.2, 0.25) is 0 Å². The third-order valence-corrected chi connectivity index (χ3v) is 4.40. The number of alkyl halides is 3. The van der Waals surface area contributed by atoms with Gasteiger partial charge in [0.25, 0.3) is 0 Å². The highest BCUT2D eigenvalue weighted by Crippen LogP contribution is 2.36. The molecule has 1 aliphatic heterocycles. The number of hydrogen-bond acceptors (Lipinski definition) is 6. The van der Waals surface area contributed by atoms with Gasteiger partial charge < -0.3 is 9.64 Å². The number of methoxy groups -OCH3 is 1. The largest absolute Gasteiger partial charge is 0.469 e. The molecule has 138 valence electrons. The Morgan fingerprint density at radius 3 is 2.73 bits per heavy atom. The zero-order chi connectivity index (χ0) is 18.9. The van der Waals surface area contributed by atoms with Gasteiger partial charge in [-0.25, -0.2) is 9.97 Å². The monoisotopic (exact) mass is 366 g/mol. The first kappa shape index (κ1) is 18.1. The first-order valence-corrected chi connectivity index (χ1v) is 7.93. The molecule has 3 heterocycles. The lowest BCUT2D eigenvalue weighted by molar-refractivity contribution is -0.150. The smallest absolute Gasteiger partial charge is 0.433 e. The highest BCUT2D eigenvalue weighted by atomic mass is 19.4. The summed E-state index contributed by atoms with van der Waals surface area (Å²) in [4.78, 5) is 25.4. The molecule has 1 aliphatic rings. The number of esters is 1. The molecule has 2 aromatic heterocycles. The zero-order valence-electron chi connectivity index (χ0n) is 14.2. The third-order valence-electron chi connectivity index (χ3n) is 4.40. The van der Waals surface area contributed by atoms with Crippen molar-refractivity contribution in [2.45, 2.75) is 19.5 Å². The van der Waals surface area contributed by atoms with Crippen LogP contribution in [0.5, 0.6) is 0 Å². The Kier molecular flexibility index (Phi) is 4.55. The molecule has 0 spiro atoms. The van der Waals surface area contributed by atoms with Crippen molar-refractivity contribution in [3.63, 3.8) is 0 Å². The van der Waals surface area contributed by atoms with Gasteiger partial charge in [0.05, 0.1) is 12.5 Å². The van der Waals surface area contributed by atoms with Crippen LogP contribution in [0, 0.1) is 5.41 Å². The van der Waals surface area contributed by atoms with Crippen molar-refractivity contribution in [3.05, 3.63) is 36.3 Å². The number of carbonyl (C=O) groups excluding carboxylic acids is 1. The predicted molar refractivity (Wildman–Crippen MR) is 87.2 cm³/mol. The number of carbonyl (C=O) groups is 1. The van der Waals surface area contributed by atoms with E-state index in [0.29, 0.717) is 18.5 Å². The van der Waals surface area contributed by atoms with Gasteiger partial charge in [-0.1, -0.05) is 0 Å². The minimum atomic E-state index is -4.61. The lowest BCUT2D eigenvalue weighted by atomic mass is 9.90. The van der Waals surface area contributed by atoms with Crippen LogP contribution in [0.4, 0.5) is 19.0 Å². The molecule has 9 heteroatoms. The van der Waals surface area contributed by atoms with Gasteiger partial charge in [0.15, 0.2) is 11.5 Å². The second kappa shape index (κ2) is 6.54. The summed E-state index contributed by atoms with van der Waals surface area (Å²) >= 11 is 0. The van der Waals surface area contributed by atoms with Crippen LogP contribution in [0.15, 0.2) is 30.6 Å². The van der Waals surface area contributed by atoms with Gasteiger partial charge in [-0.15, -0.1) is 0 Å². The second-order valence-electron chi connectivity index (χ2n) is 6.40. The SMILES string of the molecule is COC(=O)C1(C)CCN(c2cc(C(F)(F)F)nc(-c3cccnc3)n2)C1. The first-order chi connectivity index (χ1) is 12.2. The van der Waals surface area contributed by atoms with E-state index in [-0.39, 0.29) is 18.2 Å². The van der Waals surface area contributed by atoms with Crippen molar-refractivity contribution in [2.24, 2.45) is 5.41 Å². The Morgan fingerprint density at radius 2 is 2.12 bits per heavy atom. The molecule has 0 N–H and O–H groups in total. The van der Waals surface area contributed by atoms with E-state index in [1.54, 1.807) is 24.0 Å². The summed E-state index contributed by atoms with van der Waals surface area (Å²) in [7, 11) is 1.29. The van der Waals surface area contributed by atoms with Crippen molar-refractivity contribution in [1.29, 1.82) is 0 Å². The van der Waals surface area contributed by atoms with E-state index in [2.05, 4.69) is 15.0 Å². The average Bonchev–Trinajstić information content (AvgIpc) is 3.04. The molecular weight excluding hydrogens is 349 g/mol. The van der Waals surface area contributed by atoms with Crippen molar-refractivity contribution in [1.82, 2.24) is 15.0 Å². The quantitative estimate of drug-likeness (QED) is 0.778. The standard InChI is InChI=1S/C17H17F3N4O2/c1-16(15(25)26-2)5-7-24(10-16)13-8-12(17(18,19)20)22-14(23-13)11-4-3-6-21-9-11/h3-4,6,8-9H,5,7,10H2,1-2H3.